The van der Waals surface area contributed by atoms with Gasteiger partial charge in [0.15, 0.2) is 23.3 Å². The Morgan fingerprint density at radius 3 is 2.33 bits per heavy atom. The van der Waals surface area contributed by atoms with Crippen molar-refractivity contribution in [3.63, 3.8) is 0 Å². The van der Waals surface area contributed by atoms with Crippen LogP contribution in [-0.4, -0.2) is 21.8 Å². The highest BCUT2D eigenvalue weighted by Gasteiger charge is 2.17. The molecule has 0 unspecified atom stereocenters. The van der Waals surface area contributed by atoms with E-state index in [-0.39, 0.29) is 23.3 Å². The summed E-state index contributed by atoms with van der Waals surface area (Å²) in [6, 6.07) is 9.37. The first-order valence-corrected chi connectivity index (χ1v) is 6.59. The van der Waals surface area contributed by atoms with Crippen LogP contribution < -0.4 is 22.9 Å². The fourth-order valence-corrected chi connectivity index (χ4v) is 2.25. The molecule has 0 aliphatic carbocycles. The minimum atomic E-state index is -0.769. The predicted molar refractivity (Wildman–Crippen MR) is 81.6 cm³/mol. The summed E-state index contributed by atoms with van der Waals surface area (Å²) >= 11 is 1.26. The normalized spacial score (nSPS) is 10.1. The van der Waals surface area contributed by atoms with Gasteiger partial charge < -0.3 is 22.9 Å². The van der Waals surface area contributed by atoms with E-state index in [1.54, 1.807) is 0 Å². The van der Waals surface area contributed by atoms with Crippen molar-refractivity contribution in [1.29, 1.82) is 0 Å². The number of aliphatic imine (C=N–C) groups is 1. The van der Waals surface area contributed by atoms with Crippen molar-refractivity contribution >= 4 is 35.3 Å². The molecular formula is C12H13N7OS. The lowest BCUT2D eigenvalue weighted by molar-refractivity contribution is 0.0998. The van der Waals surface area contributed by atoms with E-state index in [1.165, 1.54) is 11.8 Å². The summed E-state index contributed by atoms with van der Waals surface area (Å²) in [7, 11) is 0. The molecule has 0 bridgehead atoms. The number of anilines is 2. The topological polar surface area (TPSA) is 159 Å². The Balaban J connectivity index is 2.39. The quantitative estimate of drug-likeness (QED) is 0.462. The maximum absolute atomic E-state index is 11.8. The molecular weight excluding hydrogens is 290 g/mol. The summed E-state index contributed by atoms with van der Waals surface area (Å²) in [5.74, 6) is -1.15. The molecule has 8 N–H and O–H groups in total. The van der Waals surface area contributed by atoms with Gasteiger partial charge in [0.25, 0.3) is 0 Å². The van der Waals surface area contributed by atoms with E-state index in [0.29, 0.717) is 5.03 Å². The van der Waals surface area contributed by atoms with E-state index < -0.39 is 5.91 Å². The van der Waals surface area contributed by atoms with Crippen LogP contribution in [0, 0.1) is 0 Å². The van der Waals surface area contributed by atoms with E-state index >= 15 is 0 Å². The molecule has 0 fully saturated rings. The summed E-state index contributed by atoms with van der Waals surface area (Å²) in [5, 5.41) is 0.351. The summed E-state index contributed by atoms with van der Waals surface area (Å²) in [5.41, 5.74) is 21.6. The zero-order valence-electron chi connectivity index (χ0n) is 10.9. The molecule has 0 aliphatic heterocycles. The van der Waals surface area contributed by atoms with Gasteiger partial charge in [0.1, 0.15) is 5.03 Å². The molecule has 1 aromatic carbocycles. The van der Waals surface area contributed by atoms with Gasteiger partial charge in [-0.1, -0.05) is 30.0 Å². The van der Waals surface area contributed by atoms with Crippen LogP contribution in [0.1, 0.15) is 10.5 Å². The van der Waals surface area contributed by atoms with Crippen molar-refractivity contribution < 1.29 is 4.79 Å². The molecule has 0 aliphatic rings. The molecule has 2 rings (SSSR count). The summed E-state index contributed by atoms with van der Waals surface area (Å²) in [4.78, 5) is 24.1. The van der Waals surface area contributed by atoms with Crippen LogP contribution in [0.2, 0.25) is 0 Å². The third kappa shape index (κ3) is 3.60. The second-order valence-corrected chi connectivity index (χ2v) is 4.97. The van der Waals surface area contributed by atoms with Crippen molar-refractivity contribution in [2.24, 2.45) is 16.5 Å². The predicted octanol–water partition coefficient (Wildman–Crippen LogP) is 0.206. The molecule has 2 aromatic rings. The molecule has 9 heteroatoms. The Morgan fingerprint density at radius 2 is 1.71 bits per heavy atom. The monoisotopic (exact) mass is 303 g/mol. The number of aromatic nitrogens is 2. The van der Waals surface area contributed by atoms with Gasteiger partial charge in [-0.15, -0.1) is 0 Å². The molecule has 1 heterocycles. The summed E-state index contributed by atoms with van der Waals surface area (Å²) < 4.78 is 0. The first kappa shape index (κ1) is 14.6. The number of benzene rings is 1. The molecule has 1 amide bonds. The number of nitrogens with two attached hydrogens (primary N) is 4. The zero-order valence-corrected chi connectivity index (χ0v) is 11.7. The Bertz CT molecular complexity index is 698. The highest BCUT2D eigenvalue weighted by atomic mass is 32.2. The van der Waals surface area contributed by atoms with Gasteiger partial charge in [-0.05, 0) is 12.1 Å². The SMILES string of the molecule is NC(N)=NC(=O)c1nc(Sc2ccccc2)c(N)nc1N. The number of carbonyl (C=O) groups excluding carboxylic acids is 1. The molecule has 0 radical (unpaired) electrons. The van der Waals surface area contributed by atoms with Crippen LogP contribution in [0.25, 0.3) is 0 Å². The first-order valence-electron chi connectivity index (χ1n) is 5.77. The first-order chi connectivity index (χ1) is 9.97. The van der Waals surface area contributed by atoms with Gasteiger partial charge in [0.2, 0.25) is 0 Å². The largest absolute Gasteiger partial charge is 0.382 e. The fourth-order valence-electron chi connectivity index (χ4n) is 1.45. The van der Waals surface area contributed by atoms with Crippen LogP contribution in [0.3, 0.4) is 0 Å². The van der Waals surface area contributed by atoms with Gasteiger partial charge in [-0.2, -0.15) is 4.99 Å². The second-order valence-electron chi connectivity index (χ2n) is 3.90. The number of carbonyl (C=O) groups is 1. The average Bonchev–Trinajstić information content (AvgIpc) is 2.42. The highest BCUT2D eigenvalue weighted by molar-refractivity contribution is 7.99. The third-order valence-corrected chi connectivity index (χ3v) is 3.31. The zero-order chi connectivity index (χ0) is 15.4. The van der Waals surface area contributed by atoms with Gasteiger partial charge in [-0.25, -0.2) is 9.97 Å². The van der Waals surface area contributed by atoms with Gasteiger partial charge in [0.05, 0.1) is 0 Å². The lowest BCUT2D eigenvalue weighted by Crippen LogP contribution is -2.25. The van der Waals surface area contributed by atoms with Gasteiger partial charge >= 0.3 is 5.91 Å². The maximum Gasteiger partial charge on any atom is 0.302 e. The lowest BCUT2D eigenvalue weighted by atomic mass is 10.4. The Kier molecular flexibility index (Phi) is 4.24. The standard InChI is InChI=1S/C12H13N7OS/c13-8-7(10(20)19-12(15)16)17-11(9(14)18-8)21-6-4-2-1-3-5-6/h1-5H,(H4,13,14,18)(H4,15,16,19,20). The highest BCUT2D eigenvalue weighted by Crippen LogP contribution is 2.30. The molecule has 108 valence electrons. The molecule has 0 saturated carbocycles. The van der Waals surface area contributed by atoms with Crippen molar-refractivity contribution in [3.8, 4) is 0 Å². The molecule has 8 nitrogen and oxygen atoms in total. The Hall–Kier alpha value is -2.81. The number of hydrogen-bond acceptors (Lipinski definition) is 6. The Morgan fingerprint density at radius 1 is 1.05 bits per heavy atom. The van der Waals surface area contributed by atoms with E-state index in [0.717, 1.165) is 4.90 Å². The average molecular weight is 303 g/mol. The minimum Gasteiger partial charge on any atom is -0.382 e. The molecule has 0 atom stereocenters. The number of hydrogen-bond donors (Lipinski definition) is 4. The van der Waals surface area contributed by atoms with Gasteiger partial charge in [-0.3, -0.25) is 4.79 Å². The van der Waals surface area contributed by atoms with Crippen molar-refractivity contribution in [2.75, 3.05) is 11.5 Å². The van der Waals surface area contributed by atoms with E-state index in [1.807, 2.05) is 30.3 Å². The number of guanidine groups is 1. The summed E-state index contributed by atoms with van der Waals surface area (Å²) in [6.07, 6.45) is 0. The van der Waals surface area contributed by atoms with E-state index in [9.17, 15) is 4.79 Å². The number of amides is 1. The Labute approximate surface area is 124 Å². The summed E-state index contributed by atoms with van der Waals surface area (Å²) in [6.45, 7) is 0. The van der Waals surface area contributed by atoms with E-state index in [2.05, 4.69) is 15.0 Å². The minimum absolute atomic E-state index is 0.125. The van der Waals surface area contributed by atoms with Crippen molar-refractivity contribution in [2.45, 2.75) is 9.92 Å². The molecule has 21 heavy (non-hydrogen) atoms. The van der Waals surface area contributed by atoms with E-state index in [4.69, 9.17) is 22.9 Å². The fraction of sp³-hybridized carbons (Fsp3) is 0. The lowest BCUT2D eigenvalue weighted by Gasteiger charge is -2.07. The maximum atomic E-state index is 11.8. The van der Waals surface area contributed by atoms with Crippen LogP contribution in [-0.2, 0) is 0 Å². The van der Waals surface area contributed by atoms with Gasteiger partial charge in [0, 0.05) is 4.90 Å². The van der Waals surface area contributed by atoms with Crippen molar-refractivity contribution in [1.82, 2.24) is 9.97 Å². The van der Waals surface area contributed by atoms with Crippen molar-refractivity contribution in [3.05, 3.63) is 36.0 Å². The number of nitrogen functional groups attached to an aromatic ring is 2. The molecule has 1 aromatic heterocycles. The third-order valence-electron chi connectivity index (χ3n) is 2.31. The van der Waals surface area contributed by atoms with Crippen LogP contribution >= 0.6 is 11.8 Å². The second kappa shape index (κ2) is 6.09. The molecule has 0 spiro atoms. The number of nitrogens with zero attached hydrogens (tertiary/aromatic N) is 3. The van der Waals surface area contributed by atoms with Crippen LogP contribution in [0.5, 0.6) is 0 Å². The van der Waals surface area contributed by atoms with Crippen LogP contribution in [0.4, 0.5) is 11.6 Å². The number of rotatable bonds is 3. The smallest absolute Gasteiger partial charge is 0.302 e. The molecule has 0 saturated heterocycles. The van der Waals surface area contributed by atoms with Crippen LogP contribution in [0.15, 0.2) is 45.2 Å².